The molecule has 0 amide bonds. The van der Waals surface area contributed by atoms with E-state index in [0.29, 0.717) is 76.9 Å². The summed E-state index contributed by atoms with van der Waals surface area (Å²) >= 11 is 0. The van der Waals surface area contributed by atoms with E-state index in [1.54, 1.807) is 14.2 Å². The first kappa shape index (κ1) is 45.9. The zero-order valence-corrected chi connectivity index (χ0v) is 38.4. The number of nitrogens with one attached hydrogen (secondary N) is 2. The quantitative estimate of drug-likeness (QED) is 0.0460. The Balaban J connectivity index is 1.09. The lowest BCUT2D eigenvalue weighted by atomic mass is 9.80. The van der Waals surface area contributed by atoms with Gasteiger partial charge in [0.1, 0.15) is 29.0 Å². The van der Waals surface area contributed by atoms with Gasteiger partial charge in [-0.25, -0.2) is 15.4 Å². The lowest BCUT2D eigenvalue weighted by Gasteiger charge is -2.39. The lowest BCUT2D eigenvalue weighted by Crippen LogP contribution is -2.45. The van der Waals surface area contributed by atoms with Gasteiger partial charge in [0.05, 0.1) is 49.7 Å². The van der Waals surface area contributed by atoms with Crippen molar-refractivity contribution in [2.24, 2.45) is 0 Å². The molecule has 5 N–H and O–H groups in total. The Hall–Kier alpha value is -5.23. The number of fused-ring (bicyclic) bond motifs is 2. The van der Waals surface area contributed by atoms with Crippen molar-refractivity contribution in [2.45, 2.75) is 93.6 Å². The highest BCUT2D eigenvalue weighted by Gasteiger charge is 2.67. The Labute approximate surface area is 384 Å². The molecule has 3 aromatic carbocycles. The van der Waals surface area contributed by atoms with Crippen LogP contribution in [-0.4, -0.2) is 93.1 Å². The van der Waals surface area contributed by atoms with E-state index in [4.69, 9.17) is 28.3 Å². The van der Waals surface area contributed by atoms with Gasteiger partial charge in [-0.3, -0.25) is 4.57 Å². The molecule has 0 spiro atoms. The Morgan fingerprint density at radius 3 is 1.91 bits per heavy atom. The Kier molecular flexibility index (Phi) is 13.3. The number of allylic oxidation sites excluding steroid dienone is 4. The van der Waals surface area contributed by atoms with Crippen LogP contribution in [-0.2, 0) is 34.9 Å². The summed E-state index contributed by atoms with van der Waals surface area (Å²) in [5, 5.41) is 26.8. The van der Waals surface area contributed by atoms with Crippen molar-refractivity contribution in [3.8, 4) is 11.5 Å². The van der Waals surface area contributed by atoms with Crippen molar-refractivity contribution in [3.05, 3.63) is 142 Å². The van der Waals surface area contributed by atoms with E-state index in [1.807, 2.05) is 83.9 Å². The van der Waals surface area contributed by atoms with Crippen molar-refractivity contribution < 1.29 is 52.9 Å². The summed E-state index contributed by atoms with van der Waals surface area (Å²) in [6.07, 6.45) is 7.71. The van der Waals surface area contributed by atoms with Crippen LogP contribution in [0, 0.1) is 4.91 Å². The van der Waals surface area contributed by atoms with Gasteiger partial charge < -0.3 is 48.6 Å². The number of hydrogen-bond acceptors (Lipinski definition) is 14. The molecule has 0 aliphatic carbocycles. The minimum atomic E-state index is -5.21. The second-order valence-corrected chi connectivity index (χ2v) is 19.4. The van der Waals surface area contributed by atoms with E-state index >= 15 is 4.57 Å². The molecule has 18 heteroatoms. The van der Waals surface area contributed by atoms with Gasteiger partial charge >= 0.3 is 13.3 Å². The largest absolute Gasteiger partial charge is 0.497 e. The molecule has 0 bridgehead atoms. The highest BCUT2D eigenvalue weighted by atomic mass is 31.2. The first-order valence-corrected chi connectivity index (χ1v) is 24.5. The summed E-state index contributed by atoms with van der Waals surface area (Å²) in [5.41, 5.74) is 9.11. The fraction of sp³-hybridized carbons (Fsp3) is 0.458. The van der Waals surface area contributed by atoms with Crippen LogP contribution < -0.4 is 20.3 Å². The molecule has 2 unspecified atom stereocenters. The standard InChI is InChI=1S/C48H59N6O11P/c1-60-39-22-18-36(19-23-39)48(35-12-4-3-5-13-35,37-20-24-40(61-2)25-21-37)62-33-45-46(55,66(58,59)65-44-17-11-30-53-42(44)15-7-9-28-50-53)34-47(56,63-45)51-31-26-38(32-51)54(57)64-43-16-10-29-52-41(43)14-6-8-27-49-52/h3-5,12-13,18-26,31-32,45,49-50,55-56H,6-11,14-17,27-30,33-34H2,1-2H3/p+1/t45-,46-,47?/m1/s1. The van der Waals surface area contributed by atoms with Crippen LogP contribution in [0.5, 0.6) is 11.5 Å². The average molecular weight is 928 g/mol. The molecule has 1 aromatic heterocycles. The van der Waals surface area contributed by atoms with Gasteiger partial charge in [0.25, 0.3) is 10.8 Å². The number of hydrazine groups is 2. The molecule has 5 aliphatic rings. The van der Waals surface area contributed by atoms with Gasteiger partial charge in [0.15, 0.2) is 0 Å². The molecule has 66 heavy (non-hydrogen) atoms. The highest BCUT2D eigenvalue weighted by Crippen LogP contribution is 2.65. The van der Waals surface area contributed by atoms with Gasteiger partial charge in [-0.2, -0.15) is 4.84 Å². The topological polar surface area (TPSA) is 189 Å². The van der Waals surface area contributed by atoms with Crippen LogP contribution in [0.15, 0.2) is 120 Å². The van der Waals surface area contributed by atoms with Crippen molar-refractivity contribution in [1.82, 2.24) is 25.4 Å². The molecule has 17 nitrogen and oxygen atoms in total. The second kappa shape index (κ2) is 19.2. The number of methoxy groups -OCH3 is 2. The molecule has 352 valence electrons. The number of aromatic nitrogens is 1. The van der Waals surface area contributed by atoms with Gasteiger partial charge in [-0.15, -0.1) is 0 Å². The first-order chi connectivity index (χ1) is 32.0. The summed E-state index contributed by atoms with van der Waals surface area (Å²) in [7, 11) is -2.05. The highest BCUT2D eigenvalue weighted by molar-refractivity contribution is 7.54. The smallest absolute Gasteiger partial charge is 0.410 e. The second-order valence-electron chi connectivity index (χ2n) is 17.4. The van der Waals surface area contributed by atoms with Crippen LogP contribution in [0.1, 0.15) is 87.3 Å². The molecular formula is C48H60N6O11P+. The molecule has 3 fully saturated rings. The molecule has 9 rings (SSSR count). The zero-order valence-electron chi connectivity index (χ0n) is 37.5. The minimum Gasteiger partial charge on any atom is -0.497 e. The maximum Gasteiger partial charge on any atom is 0.410 e. The van der Waals surface area contributed by atoms with Crippen LogP contribution in [0.25, 0.3) is 0 Å². The number of hydrogen-bond donors (Lipinski definition) is 5. The summed E-state index contributed by atoms with van der Waals surface area (Å²) in [6, 6.07) is 25.6. The van der Waals surface area contributed by atoms with E-state index in [9.17, 15) is 20.0 Å². The van der Waals surface area contributed by atoms with Crippen LogP contribution in [0.4, 0.5) is 5.69 Å². The maximum atomic E-state index is 15.1. The number of aliphatic hydroxyl groups is 2. The third kappa shape index (κ3) is 8.86. The Morgan fingerprint density at radius 1 is 0.758 bits per heavy atom. The molecule has 0 saturated carbocycles. The van der Waals surface area contributed by atoms with Crippen molar-refractivity contribution >= 4 is 13.3 Å². The predicted molar refractivity (Wildman–Crippen MR) is 242 cm³/mol. The minimum absolute atomic E-state index is 0.0303. The van der Waals surface area contributed by atoms with Crippen LogP contribution in [0.2, 0.25) is 0 Å². The third-order valence-electron chi connectivity index (χ3n) is 13.3. The average Bonchev–Trinajstić information content (AvgIpc) is 3.74. The molecular weight excluding hydrogens is 868 g/mol. The van der Waals surface area contributed by atoms with Crippen LogP contribution in [0.3, 0.4) is 0 Å². The lowest BCUT2D eigenvalue weighted by molar-refractivity contribution is -0.731. The van der Waals surface area contributed by atoms with E-state index in [2.05, 4.69) is 15.9 Å². The molecule has 0 radical (unpaired) electrons. The molecule has 4 atom stereocenters. The van der Waals surface area contributed by atoms with Crippen molar-refractivity contribution in [1.29, 1.82) is 0 Å². The summed E-state index contributed by atoms with van der Waals surface area (Å²) in [5.74, 6) is -0.395. The first-order valence-electron chi connectivity index (χ1n) is 22.9. The summed E-state index contributed by atoms with van der Waals surface area (Å²) < 4.78 is 47.0. The van der Waals surface area contributed by atoms with E-state index < -0.39 is 43.6 Å². The predicted octanol–water partition coefficient (Wildman–Crippen LogP) is 7.13. The Bertz CT molecular complexity index is 2420. The fourth-order valence-electron chi connectivity index (χ4n) is 9.80. The summed E-state index contributed by atoms with van der Waals surface area (Å²) in [6.45, 7) is 2.57. The summed E-state index contributed by atoms with van der Waals surface area (Å²) in [4.78, 5) is 32.3. The van der Waals surface area contributed by atoms with E-state index in [1.165, 1.54) is 23.0 Å². The van der Waals surface area contributed by atoms with Gasteiger partial charge in [-0.1, -0.05) is 54.6 Å². The number of nitrogens with zero attached hydrogens (tertiary/aromatic N) is 4. The monoisotopic (exact) mass is 927 g/mol. The molecule has 3 saturated heterocycles. The van der Waals surface area contributed by atoms with Crippen LogP contribution >= 0.6 is 7.60 Å². The molecule has 4 aromatic rings. The molecule has 5 aliphatic heterocycles. The number of rotatable bonds is 15. The normalized spacial score (nSPS) is 24.7. The fourth-order valence-corrected chi connectivity index (χ4v) is 11.3. The SMILES string of the molecule is COc1ccc(C(OC[C@H]2OC(O)(n3ccc([N+](=O)OC4=C5CCCCNN5CCC4)c3)C[C@@]2(O)P(=O)(O)OC2=C3CCCCNN3CCC2)(c2ccccc2)c2ccc(OC)cc2)cc1. The van der Waals surface area contributed by atoms with E-state index in [0.717, 1.165) is 69.6 Å². The van der Waals surface area contributed by atoms with Gasteiger partial charge in [0, 0.05) is 51.3 Å². The number of benzene rings is 3. The Morgan fingerprint density at radius 2 is 1.32 bits per heavy atom. The van der Waals surface area contributed by atoms with Gasteiger partial charge in [-0.05, 0) is 92.3 Å². The maximum absolute atomic E-state index is 15.1. The third-order valence-corrected chi connectivity index (χ3v) is 15.2. The zero-order chi connectivity index (χ0) is 45.9. The van der Waals surface area contributed by atoms with E-state index in [-0.39, 0.29) is 5.69 Å². The number of ether oxygens (including phenoxy) is 4. The molecule has 6 heterocycles. The van der Waals surface area contributed by atoms with Crippen molar-refractivity contribution in [2.75, 3.05) is 47.0 Å². The van der Waals surface area contributed by atoms with Crippen molar-refractivity contribution in [3.63, 3.8) is 0 Å². The van der Waals surface area contributed by atoms with Gasteiger partial charge in [0.2, 0.25) is 11.1 Å².